The Hall–Kier alpha value is -2.09. The Labute approximate surface area is 101 Å². The molecule has 1 N–H and O–H groups in total. The molecule has 0 radical (unpaired) electrons. The van der Waals surface area contributed by atoms with E-state index in [1.165, 1.54) is 11.1 Å². The Morgan fingerprint density at radius 1 is 1.00 bits per heavy atom. The molecule has 0 aliphatic heterocycles. The molecule has 2 nitrogen and oxygen atoms in total. The van der Waals surface area contributed by atoms with Gasteiger partial charge in [0.15, 0.2) is 0 Å². The molecule has 2 aliphatic carbocycles. The monoisotopic (exact) mass is 226 g/mol. The van der Waals surface area contributed by atoms with Gasteiger partial charge in [0.2, 0.25) is 0 Å². The lowest BCUT2D eigenvalue weighted by molar-refractivity contribution is -0.138. The summed E-state index contributed by atoms with van der Waals surface area (Å²) in [6.07, 6.45) is 0. The van der Waals surface area contributed by atoms with E-state index in [1.807, 2.05) is 30.3 Å². The molecule has 1 aromatic carbocycles. The second-order valence-corrected chi connectivity index (χ2v) is 4.05. The van der Waals surface area contributed by atoms with Gasteiger partial charge in [-0.3, -0.25) is 4.79 Å². The third kappa shape index (κ3) is 2.94. The Balaban J connectivity index is 0.000000148. The molecule has 3 rings (SSSR count). The minimum absolute atomic E-state index is 0.406. The minimum Gasteiger partial charge on any atom is -0.481 e. The largest absolute Gasteiger partial charge is 0.481 e. The second-order valence-electron chi connectivity index (χ2n) is 4.05. The van der Waals surface area contributed by atoms with E-state index in [0.717, 1.165) is 5.56 Å². The summed E-state index contributed by atoms with van der Waals surface area (Å²) in [4.78, 5) is 10.5. The van der Waals surface area contributed by atoms with E-state index in [9.17, 15) is 4.79 Å². The summed E-state index contributed by atoms with van der Waals surface area (Å²) in [6, 6.07) is 17.7. The predicted molar refractivity (Wildman–Crippen MR) is 67.9 cm³/mol. The summed E-state index contributed by atoms with van der Waals surface area (Å²) >= 11 is 0. The minimum atomic E-state index is -0.781. The van der Waals surface area contributed by atoms with Crippen LogP contribution in [0.15, 0.2) is 54.6 Å². The van der Waals surface area contributed by atoms with E-state index < -0.39 is 11.9 Å². The predicted octanol–water partition coefficient (Wildman–Crippen LogP) is 3.54. The molecule has 1 aromatic rings. The van der Waals surface area contributed by atoms with Gasteiger partial charge in [0.25, 0.3) is 0 Å². The van der Waals surface area contributed by atoms with Crippen LogP contribution in [0.4, 0.5) is 0 Å². The molecule has 0 bridgehead atoms. The van der Waals surface area contributed by atoms with Crippen molar-refractivity contribution in [3.8, 4) is 11.1 Å². The zero-order valence-corrected chi connectivity index (χ0v) is 9.63. The van der Waals surface area contributed by atoms with Crippen molar-refractivity contribution in [2.45, 2.75) is 12.8 Å². The first kappa shape index (κ1) is 11.4. The van der Waals surface area contributed by atoms with Gasteiger partial charge < -0.3 is 5.11 Å². The molecule has 0 spiro atoms. The first-order valence-electron chi connectivity index (χ1n) is 5.56. The van der Waals surface area contributed by atoms with Crippen LogP contribution >= 0.6 is 0 Å². The molecule has 0 heterocycles. The summed E-state index contributed by atoms with van der Waals surface area (Å²) in [7, 11) is 0. The van der Waals surface area contributed by atoms with Gasteiger partial charge in [0, 0.05) is 0 Å². The van der Waals surface area contributed by atoms with Crippen molar-refractivity contribution in [3.63, 3.8) is 0 Å². The maximum absolute atomic E-state index is 10.5. The van der Waals surface area contributed by atoms with E-state index >= 15 is 0 Å². The fourth-order valence-corrected chi connectivity index (χ4v) is 1.56. The van der Waals surface area contributed by atoms with E-state index in [0.29, 0.717) is 0 Å². The summed E-state index contributed by atoms with van der Waals surface area (Å²) in [5.41, 5.74) is 3.70. The van der Waals surface area contributed by atoms with Crippen LogP contribution in [0.1, 0.15) is 18.4 Å². The fraction of sp³-hybridized carbons (Fsp3) is 0.133. The molecule has 17 heavy (non-hydrogen) atoms. The van der Waals surface area contributed by atoms with Crippen molar-refractivity contribution in [2.24, 2.45) is 0 Å². The lowest BCUT2D eigenvalue weighted by Gasteiger charge is -2.04. The van der Waals surface area contributed by atoms with Crippen LogP contribution in [-0.2, 0) is 4.79 Å². The van der Waals surface area contributed by atoms with Gasteiger partial charge in [-0.05, 0) is 29.7 Å². The molecule has 0 saturated carbocycles. The average molecular weight is 226 g/mol. The first-order chi connectivity index (χ1) is 8.18. The van der Waals surface area contributed by atoms with Crippen LogP contribution in [0.25, 0.3) is 11.1 Å². The zero-order chi connectivity index (χ0) is 12.3. The Bertz CT molecular complexity index is 500. The van der Waals surface area contributed by atoms with Crippen molar-refractivity contribution >= 4 is 5.97 Å². The first-order valence-corrected chi connectivity index (χ1v) is 5.56. The molecule has 2 heteroatoms. The number of aliphatic carboxylic acids is 1. The van der Waals surface area contributed by atoms with Gasteiger partial charge in [0.1, 0.15) is 0 Å². The zero-order valence-electron chi connectivity index (χ0n) is 9.63. The molecule has 2 aliphatic rings. The highest BCUT2D eigenvalue weighted by Crippen LogP contribution is 2.32. The lowest BCUT2D eigenvalue weighted by Crippen LogP contribution is -2.06. The summed E-state index contributed by atoms with van der Waals surface area (Å²) in [5.74, 6) is -1.19. The van der Waals surface area contributed by atoms with Crippen molar-refractivity contribution in [3.05, 3.63) is 60.2 Å². The maximum Gasteiger partial charge on any atom is 0.310 e. The van der Waals surface area contributed by atoms with Crippen LogP contribution in [0.2, 0.25) is 0 Å². The number of fused-ring (bicyclic) bond motifs is 1. The average Bonchev–Trinajstić information content (AvgIpc) is 2.97. The van der Waals surface area contributed by atoms with Gasteiger partial charge in [-0.15, -0.1) is 0 Å². The van der Waals surface area contributed by atoms with Gasteiger partial charge >= 0.3 is 5.97 Å². The van der Waals surface area contributed by atoms with Crippen LogP contribution in [0, 0.1) is 0 Å². The van der Waals surface area contributed by atoms with Gasteiger partial charge in [-0.25, -0.2) is 0 Å². The van der Waals surface area contributed by atoms with Crippen LogP contribution in [-0.4, -0.2) is 11.1 Å². The van der Waals surface area contributed by atoms with E-state index in [-0.39, 0.29) is 0 Å². The normalized spacial score (nSPS) is 12.1. The van der Waals surface area contributed by atoms with Gasteiger partial charge in [-0.2, -0.15) is 0 Å². The summed E-state index contributed by atoms with van der Waals surface area (Å²) < 4.78 is 0. The highest BCUT2D eigenvalue weighted by molar-refractivity contribution is 5.80. The molecular weight excluding hydrogens is 212 g/mol. The summed E-state index contributed by atoms with van der Waals surface area (Å²) in [5, 5.41) is 8.64. The van der Waals surface area contributed by atoms with Crippen molar-refractivity contribution in [1.29, 1.82) is 0 Å². The molecule has 86 valence electrons. The molecular formula is C15H14O2. The number of benzene rings is 2. The number of hydrogen-bond acceptors (Lipinski definition) is 1. The molecule has 0 amide bonds. The highest BCUT2D eigenvalue weighted by atomic mass is 16.4. The third-order valence-electron chi connectivity index (χ3n) is 2.78. The smallest absolute Gasteiger partial charge is 0.310 e. The highest BCUT2D eigenvalue weighted by Gasteiger charge is 2.11. The van der Waals surface area contributed by atoms with Crippen LogP contribution in [0.3, 0.4) is 0 Å². The van der Waals surface area contributed by atoms with E-state index in [4.69, 9.17) is 5.11 Å². The van der Waals surface area contributed by atoms with Crippen molar-refractivity contribution in [2.75, 3.05) is 0 Å². The van der Waals surface area contributed by atoms with E-state index in [1.54, 1.807) is 6.92 Å². The number of hydrogen-bond donors (Lipinski definition) is 1. The Kier molecular flexibility index (Phi) is 3.24. The molecule has 1 atom stereocenters. The number of rotatable bonds is 2. The topological polar surface area (TPSA) is 37.3 Å². The lowest BCUT2D eigenvalue weighted by atomic mass is 10.0. The Morgan fingerprint density at radius 2 is 1.59 bits per heavy atom. The number of carboxylic acids is 1. The number of carbonyl (C=O) groups is 1. The van der Waals surface area contributed by atoms with Crippen molar-refractivity contribution < 1.29 is 9.90 Å². The maximum atomic E-state index is 10.5. The molecule has 0 fully saturated rings. The molecule has 0 aromatic heterocycles. The van der Waals surface area contributed by atoms with Crippen LogP contribution in [0.5, 0.6) is 0 Å². The number of carboxylic acid groups (broad SMARTS) is 1. The fourth-order valence-electron chi connectivity index (χ4n) is 1.56. The standard InChI is InChI=1S/C9H10O2.C6H4/c1-7(9(10)11)8-5-3-2-4-6-8;1-2-5-4-6(5)3-1/h2-7H,1H3,(H,10,11);1-4H. The second kappa shape index (κ2) is 4.83. The van der Waals surface area contributed by atoms with E-state index in [2.05, 4.69) is 24.3 Å². The van der Waals surface area contributed by atoms with Crippen molar-refractivity contribution in [1.82, 2.24) is 0 Å². The Morgan fingerprint density at radius 3 is 1.94 bits per heavy atom. The third-order valence-corrected chi connectivity index (χ3v) is 2.78. The summed E-state index contributed by atoms with van der Waals surface area (Å²) in [6.45, 7) is 1.68. The van der Waals surface area contributed by atoms with Gasteiger partial charge in [0.05, 0.1) is 5.92 Å². The quantitative estimate of drug-likeness (QED) is 0.725. The van der Waals surface area contributed by atoms with Crippen LogP contribution < -0.4 is 0 Å². The van der Waals surface area contributed by atoms with Gasteiger partial charge in [-0.1, -0.05) is 48.5 Å². The molecule has 0 saturated heterocycles. The molecule has 1 unspecified atom stereocenters. The SMILES string of the molecule is CC(C(=O)O)c1ccccc1.c1cc2cc-2c1.